The number of carbonyl (C=O) groups is 1. The molecule has 0 radical (unpaired) electrons. The Morgan fingerprint density at radius 1 is 1.07 bits per heavy atom. The molecule has 7 nitrogen and oxygen atoms in total. The van der Waals surface area contributed by atoms with E-state index in [0.717, 1.165) is 5.56 Å². The molecule has 4 aromatic rings. The number of aromatic nitrogens is 2. The zero-order valence-corrected chi connectivity index (χ0v) is 17.3. The highest BCUT2D eigenvalue weighted by atomic mass is 35.5. The van der Waals surface area contributed by atoms with Crippen molar-refractivity contribution in [3.63, 3.8) is 0 Å². The van der Waals surface area contributed by atoms with Crippen molar-refractivity contribution in [2.45, 2.75) is 6.92 Å². The summed E-state index contributed by atoms with van der Waals surface area (Å²) in [7, 11) is 3.01. The van der Waals surface area contributed by atoms with Crippen LogP contribution in [0.1, 0.15) is 16.1 Å². The molecule has 0 saturated heterocycles. The van der Waals surface area contributed by atoms with Gasteiger partial charge < -0.3 is 19.3 Å². The molecule has 2 heterocycles. The Balaban J connectivity index is 1.80. The number of anilines is 1. The van der Waals surface area contributed by atoms with E-state index in [2.05, 4.69) is 15.5 Å². The summed E-state index contributed by atoms with van der Waals surface area (Å²) in [6.07, 6.45) is 0. The van der Waals surface area contributed by atoms with Gasteiger partial charge in [0.1, 0.15) is 11.5 Å². The molecule has 0 fully saturated rings. The fraction of sp³-hybridized carbons (Fsp3) is 0.136. The third-order valence-electron chi connectivity index (χ3n) is 4.65. The summed E-state index contributed by atoms with van der Waals surface area (Å²) in [6, 6.07) is 14.4. The maximum atomic E-state index is 13.3. The third-order valence-corrected chi connectivity index (χ3v) is 4.95. The molecule has 0 atom stereocenters. The minimum absolute atomic E-state index is 0.290. The number of rotatable bonds is 5. The lowest BCUT2D eigenvalue weighted by Crippen LogP contribution is -2.14. The van der Waals surface area contributed by atoms with Crippen molar-refractivity contribution in [3.05, 3.63) is 64.8 Å². The van der Waals surface area contributed by atoms with Crippen molar-refractivity contribution >= 4 is 34.3 Å². The molecule has 2 aromatic heterocycles. The van der Waals surface area contributed by atoms with Gasteiger partial charge in [0.2, 0.25) is 0 Å². The molecule has 1 N–H and O–H groups in total. The first-order valence-electron chi connectivity index (χ1n) is 9.07. The monoisotopic (exact) mass is 423 g/mol. The first kappa shape index (κ1) is 19.7. The Labute approximate surface area is 177 Å². The van der Waals surface area contributed by atoms with Crippen LogP contribution in [0, 0.1) is 6.92 Å². The molecule has 0 aliphatic rings. The highest BCUT2D eigenvalue weighted by molar-refractivity contribution is 6.32. The quantitative estimate of drug-likeness (QED) is 0.479. The SMILES string of the molecule is COc1cc(OC)c(NC(=O)c2cc(-c3ccccc3)nc3onc(C)c23)cc1Cl. The van der Waals surface area contributed by atoms with Crippen LogP contribution < -0.4 is 14.8 Å². The predicted molar refractivity (Wildman–Crippen MR) is 114 cm³/mol. The molecule has 152 valence electrons. The minimum atomic E-state index is -0.370. The zero-order valence-electron chi connectivity index (χ0n) is 16.5. The second kappa shape index (κ2) is 8.04. The van der Waals surface area contributed by atoms with E-state index in [1.807, 2.05) is 30.3 Å². The van der Waals surface area contributed by atoms with E-state index < -0.39 is 0 Å². The van der Waals surface area contributed by atoms with E-state index >= 15 is 0 Å². The van der Waals surface area contributed by atoms with Crippen LogP contribution in [-0.2, 0) is 0 Å². The molecule has 1 amide bonds. The number of amides is 1. The number of hydrogen-bond acceptors (Lipinski definition) is 6. The van der Waals surface area contributed by atoms with Gasteiger partial charge in [-0.25, -0.2) is 4.98 Å². The van der Waals surface area contributed by atoms with Crippen LogP contribution in [0.5, 0.6) is 11.5 Å². The topological polar surface area (TPSA) is 86.5 Å². The van der Waals surface area contributed by atoms with Gasteiger partial charge in [0.05, 0.1) is 47.3 Å². The number of hydrogen-bond donors (Lipinski definition) is 1. The average molecular weight is 424 g/mol. The summed E-state index contributed by atoms with van der Waals surface area (Å²) in [5.41, 5.74) is 3.11. The van der Waals surface area contributed by atoms with Crippen molar-refractivity contribution in [1.82, 2.24) is 10.1 Å². The summed E-state index contributed by atoms with van der Waals surface area (Å²) in [5, 5.41) is 7.72. The summed E-state index contributed by atoms with van der Waals surface area (Å²) in [4.78, 5) is 17.8. The van der Waals surface area contributed by atoms with Gasteiger partial charge >= 0.3 is 0 Å². The molecule has 4 rings (SSSR count). The smallest absolute Gasteiger partial charge is 0.259 e. The van der Waals surface area contributed by atoms with Gasteiger partial charge in [-0.1, -0.05) is 47.1 Å². The van der Waals surface area contributed by atoms with Gasteiger partial charge in [-0.15, -0.1) is 0 Å². The van der Waals surface area contributed by atoms with Crippen molar-refractivity contribution in [2.24, 2.45) is 0 Å². The number of nitrogens with one attached hydrogen (secondary N) is 1. The van der Waals surface area contributed by atoms with Crippen LogP contribution >= 0.6 is 11.6 Å². The number of fused-ring (bicyclic) bond motifs is 1. The second-order valence-electron chi connectivity index (χ2n) is 6.51. The zero-order chi connectivity index (χ0) is 21.3. The predicted octanol–water partition coefficient (Wildman–Crippen LogP) is 5.12. The molecule has 0 aliphatic heterocycles. The molecule has 0 aliphatic carbocycles. The molecular weight excluding hydrogens is 406 g/mol. The Hall–Kier alpha value is -3.58. The number of methoxy groups -OCH3 is 2. The second-order valence-corrected chi connectivity index (χ2v) is 6.92. The Bertz CT molecular complexity index is 1240. The lowest BCUT2D eigenvalue weighted by atomic mass is 10.0. The van der Waals surface area contributed by atoms with Crippen molar-refractivity contribution < 1.29 is 18.8 Å². The molecule has 0 bridgehead atoms. The standard InChI is InChI=1S/C22H18ClN3O4/c1-12-20-14(9-16(25-22(20)30-26-12)13-7-5-4-6-8-13)21(27)24-17-10-15(23)18(28-2)11-19(17)29-3/h4-11H,1-3H3,(H,24,27). The van der Waals surface area contributed by atoms with E-state index in [0.29, 0.717) is 50.3 Å². The van der Waals surface area contributed by atoms with E-state index in [1.165, 1.54) is 14.2 Å². The Kier molecular flexibility index (Phi) is 5.29. The molecule has 8 heteroatoms. The van der Waals surface area contributed by atoms with Crippen molar-refractivity contribution in [3.8, 4) is 22.8 Å². The van der Waals surface area contributed by atoms with Crippen LogP contribution in [0.15, 0.2) is 53.1 Å². The van der Waals surface area contributed by atoms with Gasteiger partial charge in [0, 0.05) is 11.6 Å². The summed E-state index contributed by atoms with van der Waals surface area (Å²) in [5.74, 6) is 0.490. The first-order chi connectivity index (χ1) is 14.5. The Morgan fingerprint density at radius 3 is 2.50 bits per heavy atom. The minimum Gasteiger partial charge on any atom is -0.495 e. The number of benzene rings is 2. The highest BCUT2D eigenvalue weighted by Gasteiger charge is 2.21. The molecule has 0 spiro atoms. The first-order valence-corrected chi connectivity index (χ1v) is 9.45. The number of pyridine rings is 1. The van der Waals surface area contributed by atoms with Crippen LogP contribution in [0.4, 0.5) is 5.69 Å². The number of carbonyl (C=O) groups excluding carboxylic acids is 1. The molecule has 2 aromatic carbocycles. The third kappa shape index (κ3) is 3.55. The summed E-state index contributed by atoms with van der Waals surface area (Å²) in [6.45, 7) is 1.76. The Morgan fingerprint density at radius 2 is 1.80 bits per heavy atom. The number of aryl methyl sites for hydroxylation is 1. The maximum Gasteiger partial charge on any atom is 0.259 e. The molecule has 30 heavy (non-hydrogen) atoms. The van der Waals surface area contributed by atoms with Gasteiger partial charge in [0.25, 0.3) is 11.6 Å². The largest absolute Gasteiger partial charge is 0.495 e. The van der Waals surface area contributed by atoms with Crippen LogP contribution in [0.3, 0.4) is 0 Å². The van der Waals surface area contributed by atoms with E-state index in [9.17, 15) is 4.79 Å². The van der Waals surface area contributed by atoms with Gasteiger partial charge in [0.15, 0.2) is 0 Å². The van der Waals surface area contributed by atoms with Crippen LogP contribution in [0.2, 0.25) is 5.02 Å². The fourth-order valence-corrected chi connectivity index (χ4v) is 3.42. The normalized spacial score (nSPS) is 10.8. The van der Waals surface area contributed by atoms with Crippen molar-refractivity contribution in [2.75, 3.05) is 19.5 Å². The van der Waals surface area contributed by atoms with E-state index in [-0.39, 0.29) is 5.91 Å². The number of halogens is 1. The van der Waals surface area contributed by atoms with Gasteiger partial charge in [-0.2, -0.15) is 0 Å². The number of nitrogens with zero attached hydrogens (tertiary/aromatic N) is 2. The van der Waals surface area contributed by atoms with Crippen molar-refractivity contribution in [1.29, 1.82) is 0 Å². The van der Waals surface area contributed by atoms with Gasteiger partial charge in [-0.3, -0.25) is 4.79 Å². The fourth-order valence-electron chi connectivity index (χ4n) is 3.18. The van der Waals surface area contributed by atoms with Crippen LogP contribution in [0.25, 0.3) is 22.4 Å². The average Bonchev–Trinajstić information content (AvgIpc) is 3.14. The summed E-state index contributed by atoms with van der Waals surface area (Å²) < 4.78 is 15.9. The molecule has 0 saturated carbocycles. The molecular formula is C22H18ClN3O4. The lowest BCUT2D eigenvalue weighted by molar-refractivity contribution is 0.102. The molecule has 0 unspecified atom stereocenters. The van der Waals surface area contributed by atoms with Gasteiger partial charge in [-0.05, 0) is 19.1 Å². The number of ether oxygens (including phenoxy) is 2. The maximum absolute atomic E-state index is 13.3. The highest BCUT2D eigenvalue weighted by Crippen LogP contribution is 2.36. The van der Waals surface area contributed by atoms with E-state index in [1.54, 1.807) is 25.1 Å². The van der Waals surface area contributed by atoms with Crippen LogP contribution in [-0.4, -0.2) is 30.3 Å². The lowest BCUT2D eigenvalue weighted by Gasteiger charge is -2.14. The van der Waals surface area contributed by atoms with E-state index in [4.69, 9.17) is 25.6 Å². The summed E-state index contributed by atoms with van der Waals surface area (Å²) >= 11 is 6.23.